The Morgan fingerprint density at radius 1 is 1.31 bits per heavy atom. The van der Waals surface area contributed by atoms with Gasteiger partial charge in [0.05, 0.1) is 0 Å². The average molecular weight is 344 g/mol. The van der Waals surface area contributed by atoms with Gasteiger partial charge in [0.25, 0.3) is 0 Å². The van der Waals surface area contributed by atoms with Crippen LogP contribution in [0, 0.1) is 17.4 Å². The summed E-state index contributed by atoms with van der Waals surface area (Å²) in [5.41, 5.74) is 3.20. The van der Waals surface area contributed by atoms with E-state index in [1.165, 1.54) is 10.4 Å². The van der Waals surface area contributed by atoms with Crippen LogP contribution in [-0.2, 0) is 0 Å². The molecule has 0 aliphatic rings. The first-order valence-corrected chi connectivity index (χ1v) is 7.03. The van der Waals surface area contributed by atoms with Gasteiger partial charge in [-0.25, -0.2) is 0 Å². The van der Waals surface area contributed by atoms with E-state index in [0.717, 1.165) is 14.7 Å². The molecule has 16 heavy (non-hydrogen) atoms. The Morgan fingerprint density at radius 3 is 2.69 bits per heavy atom. The van der Waals surface area contributed by atoms with Crippen molar-refractivity contribution in [2.45, 2.75) is 20.0 Å². The number of halogens is 1. The number of hydrogen-bond donors (Lipinski definition) is 1. The number of aryl methyl sites for hydroxylation is 2. The van der Waals surface area contributed by atoms with Crippen LogP contribution in [0.4, 0.5) is 0 Å². The Hall–Kier alpha value is -0.390. The summed E-state index contributed by atoms with van der Waals surface area (Å²) < 4.78 is 1.15. The van der Waals surface area contributed by atoms with Crippen molar-refractivity contribution in [3.05, 3.63) is 54.8 Å². The van der Waals surface area contributed by atoms with Crippen molar-refractivity contribution in [3.8, 4) is 0 Å². The third-order valence-corrected chi connectivity index (χ3v) is 4.94. The first-order valence-electron chi connectivity index (χ1n) is 5.07. The summed E-state index contributed by atoms with van der Waals surface area (Å²) in [6.07, 6.45) is -0.503. The van der Waals surface area contributed by atoms with Gasteiger partial charge in [0.15, 0.2) is 0 Å². The molecule has 0 aliphatic heterocycles. The molecule has 1 unspecified atom stereocenters. The molecule has 2 rings (SSSR count). The molecule has 0 bridgehead atoms. The molecular weight excluding hydrogens is 331 g/mol. The van der Waals surface area contributed by atoms with E-state index in [2.05, 4.69) is 42.5 Å². The molecule has 84 valence electrons. The largest absolute Gasteiger partial charge is 0.384 e. The van der Waals surface area contributed by atoms with Crippen LogP contribution in [0.15, 0.2) is 29.6 Å². The van der Waals surface area contributed by atoms with E-state index >= 15 is 0 Å². The van der Waals surface area contributed by atoms with Crippen molar-refractivity contribution in [1.29, 1.82) is 0 Å². The Kier molecular flexibility index (Phi) is 3.66. The minimum atomic E-state index is -0.503. The highest BCUT2D eigenvalue weighted by atomic mass is 127. The van der Waals surface area contributed by atoms with Crippen molar-refractivity contribution in [1.82, 2.24) is 0 Å². The normalized spacial score (nSPS) is 12.8. The number of benzene rings is 1. The Bertz CT molecular complexity index is 504. The van der Waals surface area contributed by atoms with Gasteiger partial charge >= 0.3 is 0 Å². The monoisotopic (exact) mass is 344 g/mol. The van der Waals surface area contributed by atoms with E-state index in [0.29, 0.717) is 0 Å². The van der Waals surface area contributed by atoms with Gasteiger partial charge < -0.3 is 5.11 Å². The second kappa shape index (κ2) is 4.85. The Labute approximate surface area is 113 Å². The predicted molar refractivity (Wildman–Crippen MR) is 77.0 cm³/mol. The van der Waals surface area contributed by atoms with Crippen LogP contribution < -0.4 is 0 Å². The van der Waals surface area contributed by atoms with Crippen LogP contribution in [0.1, 0.15) is 27.7 Å². The van der Waals surface area contributed by atoms with E-state index in [9.17, 15) is 5.11 Å². The second-order valence-corrected chi connectivity index (χ2v) is 6.07. The maximum Gasteiger partial charge on any atom is 0.106 e. The molecule has 0 fully saturated rings. The summed E-state index contributed by atoms with van der Waals surface area (Å²) in [6, 6.07) is 8.10. The highest BCUT2D eigenvalue weighted by Crippen LogP contribution is 2.30. The van der Waals surface area contributed by atoms with Crippen molar-refractivity contribution < 1.29 is 5.11 Å². The molecule has 0 amide bonds. The van der Waals surface area contributed by atoms with Crippen LogP contribution in [0.5, 0.6) is 0 Å². The fourth-order valence-corrected chi connectivity index (χ4v) is 3.05. The number of rotatable bonds is 2. The molecular formula is C13H13IOS. The van der Waals surface area contributed by atoms with Crippen molar-refractivity contribution in [2.75, 3.05) is 0 Å². The van der Waals surface area contributed by atoms with Gasteiger partial charge in [-0.1, -0.05) is 18.2 Å². The van der Waals surface area contributed by atoms with Crippen molar-refractivity contribution >= 4 is 33.9 Å². The van der Waals surface area contributed by atoms with Gasteiger partial charge in [0, 0.05) is 8.45 Å². The zero-order valence-corrected chi connectivity index (χ0v) is 12.2. The van der Waals surface area contributed by atoms with Crippen molar-refractivity contribution in [2.24, 2.45) is 0 Å². The molecule has 1 aromatic heterocycles. The molecule has 1 atom stereocenters. The summed E-state index contributed by atoms with van der Waals surface area (Å²) in [7, 11) is 0. The third kappa shape index (κ3) is 2.31. The standard InChI is InChI=1S/C13H13IOS/c1-8-4-3-5-11(12(8)14)13(15)10-6-9(2)16-7-10/h3-7,13,15H,1-2H3. The quantitative estimate of drug-likeness (QED) is 0.815. The van der Waals surface area contributed by atoms with Gasteiger partial charge in [-0.2, -0.15) is 0 Å². The average Bonchev–Trinajstić information content (AvgIpc) is 2.68. The fourth-order valence-electron chi connectivity index (χ4n) is 1.67. The maximum absolute atomic E-state index is 10.3. The first kappa shape index (κ1) is 12.1. The molecule has 1 N–H and O–H groups in total. The topological polar surface area (TPSA) is 20.2 Å². The molecule has 0 radical (unpaired) electrons. The maximum atomic E-state index is 10.3. The minimum absolute atomic E-state index is 0.503. The summed E-state index contributed by atoms with van der Waals surface area (Å²) in [6.45, 7) is 4.12. The van der Waals surface area contributed by atoms with Crippen LogP contribution in [0.3, 0.4) is 0 Å². The minimum Gasteiger partial charge on any atom is -0.384 e. The van der Waals surface area contributed by atoms with E-state index in [1.54, 1.807) is 11.3 Å². The van der Waals surface area contributed by atoms with Gasteiger partial charge in [0.2, 0.25) is 0 Å². The summed E-state index contributed by atoms with van der Waals surface area (Å²) in [4.78, 5) is 1.23. The van der Waals surface area contributed by atoms with Crippen LogP contribution in [0.25, 0.3) is 0 Å². The van der Waals surface area contributed by atoms with E-state index in [1.807, 2.05) is 23.6 Å². The zero-order valence-electron chi connectivity index (χ0n) is 9.20. The fraction of sp³-hybridized carbons (Fsp3) is 0.231. The van der Waals surface area contributed by atoms with E-state index < -0.39 is 6.10 Å². The van der Waals surface area contributed by atoms with Crippen LogP contribution >= 0.6 is 33.9 Å². The lowest BCUT2D eigenvalue weighted by atomic mass is 10.0. The second-order valence-electron chi connectivity index (χ2n) is 3.87. The molecule has 0 spiro atoms. The zero-order chi connectivity index (χ0) is 11.7. The molecule has 1 heterocycles. The SMILES string of the molecule is Cc1cc(C(O)c2cccc(C)c2I)cs1. The highest BCUT2D eigenvalue weighted by molar-refractivity contribution is 14.1. The van der Waals surface area contributed by atoms with E-state index in [-0.39, 0.29) is 0 Å². The van der Waals surface area contributed by atoms with Gasteiger partial charge in [-0.05, 0) is 64.6 Å². The molecule has 0 saturated heterocycles. The molecule has 0 aliphatic carbocycles. The Morgan fingerprint density at radius 2 is 2.06 bits per heavy atom. The third-order valence-electron chi connectivity index (χ3n) is 2.58. The number of aliphatic hydroxyl groups is 1. The van der Waals surface area contributed by atoms with Gasteiger partial charge in [0.1, 0.15) is 6.10 Å². The molecule has 1 nitrogen and oxygen atoms in total. The lowest BCUT2D eigenvalue weighted by Gasteiger charge is -2.13. The summed E-state index contributed by atoms with van der Waals surface area (Å²) in [5, 5.41) is 12.3. The number of aliphatic hydroxyl groups excluding tert-OH is 1. The molecule has 3 heteroatoms. The lowest BCUT2D eigenvalue weighted by Crippen LogP contribution is -2.01. The van der Waals surface area contributed by atoms with Crippen LogP contribution in [-0.4, -0.2) is 5.11 Å². The van der Waals surface area contributed by atoms with Gasteiger partial charge in [-0.15, -0.1) is 11.3 Å². The Balaban J connectivity index is 2.41. The molecule has 0 saturated carbocycles. The van der Waals surface area contributed by atoms with Crippen molar-refractivity contribution in [3.63, 3.8) is 0 Å². The lowest BCUT2D eigenvalue weighted by molar-refractivity contribution is 0.220. The predicted octanol–water partition coefficient (Wildman–Crippen LogP) is 4.05. The number of hydrogen-bond acceptors (Lipinski definition) is 2. The highest BCUT2D eigenvalue weighted by Gasteiger charge is 2.15. The summed E-state index contributed by atoms with van der Waals surface area (Å²) >= 11 is 3.97. The van der Waals surface area contributed by atoms with Gasteiger partial charge in [-0.3, -0.25) is 0 Å². The molecule has 2 aromatic rings. The van der Waals surface area contributed by atoms with E-state index in [4.69, 9.17) is 0 Å². The number of thiophene rings is 1. The first-order chi connectivity index (χ1) is 7.59. The molecule has 1 aromatic carbocycles. The smallest absolute Gasteiger partial charge is 0.106 e. The summed E-state index contributed by atoms with van der Waals surface area (Å²) in [5.74, 6) is 0. The van der Waals surface area contributed by atoms with Crippen LogP contribution in [0.2, 0.25) is 0 Å².